The van der Waals surface area contributed by atoms with Gasteiger partial charge >= 0.3 is 0 Å². The lowest BCUT2D eigenvalue weighted by atomic mass is 10.0. The predicted molar refractivity (Wildman–Crippen MR) is 69.1 cm³/mol. The number of rotatable bonds is 4. The van der Waals surface area contributed by atoms with Gasteiger partial charge in [-0.15, -0.1) is 0 Å². The van der Waals surface area contributed by atoms with E-state index in [0.29, 0.717) is 12.1 Å². The highest BCUT2D eigenvalue weighted by Crippen LogP contribution is 2.36. The van der Waals surface area contributed by atoms with Gasteiger partial charge in [0, 0.05) is 38.3 Å². The lowest BCUT2D eigenvalue weighted by molar-refractivity contribution is 0.0672. The smallest absolute Gasteiger partial charge is 0.0588 e. The van der Waals surface area contributed by atoms with Crippen molar-refractivity contribution < 1.29 is 4.74 Å². The van der Waals surface area contributed by atoms with Gasteiger partial charge in [0.25, 0.3) is 0 Å². The third-order valence-corrected chi connectivity index (χ3v) is 4.58. The fraction of sp³-hybridized carbons (Fsp3) is 1.00. The number of nitrogens with zero attached hydrogens (tertiary/aromatic N) is 1. The Balaban J connectivity index is 1.50. The van der Waals surface area contributed by atoms with Crippen molar-refractivity contribution in [3.8, 4) is 0 Å². The first-order valence-corrected chi connectivity index (χ1v) is 7.42. The molecule has 3 unspecified atom stereocenters. The van der Waals surface area contributed by atoms with E-state index in [1.54, 1.807) is 0 Å². The third kappa shape index (κ3) is 3.01. The molecule has 0 radical (unpaired) electrons. The van der Waals surface area contributed by atoms with Crippen molar-refractivity contribution in [2.45, 2.75) is 57.2 Å². The minimum absolute atomic E-state index is 0.556. The second-order valence-corrected chi connectivity index (χ2v) is 6.13. The first-order chi connectivity index (χ1) is 8.33. The summed E-state index contributed by atoms with van der Waals surface area (Å²) in [4.78, 5) is 2.74. The van der Waals surface area contributed by atoms with Gasteiger partial charge in [-0.3, -0.25) is 4.90 Å². The fourth-order valence-corrected chi connectivity index (χ4v) is 3.39. The minimum atomic E-state index is 0.556. The van der Waals surface area contributed by atoms with Crippen molar-refractivity contribution in [3.63, 3.8) is 0 Å². The Labute approximate surface area is 105 Å². The lowest BCUT2D eigenvalue weighted by Gasteiger charge is -2.40. The number of hydrogen-bond acceptors (Lipinski definition) is 3. The standard InChI is InChI=1S/C14H26N2O/c1-11-10-16(7-6-13-3-2-8-17-13)14(9-15-11)12-4-5-12/h11-15H,2-10H2,1H3. The summed E-state index contributed by atoms with van der Waals surface area (Å²) in [5.41, 5.74) is 0. The molecule has 0 aromatic rings. The number of hydrogen-bond donors (Lipinski definition) is 1. The highest BCUT2D eigenvalue weighted by Gasteiger charge is 2.37. The van der Waals surface area contributed by atoms with Gasteiger partial charge in [-0.2, -0.15) is 0 Å². The Hall–Kier alpha value is -0.120. The van der Waals surface area contributed by atoms with Crippen molar-refractivity contribution in [3.05, 3.63) is 0 Å². The average molecular weight is 238 g/mol. The molecular weight excluding hydrogens is 212 g/mol. The zero-order chi connectivity index (χ0) is 11.7. The summed E-state index contributed by atoms with van der Waals surface area (Å²) in [6.45, 7) is 6.99. The van der Waals surface area contributed by atoms with Crippen LogP contribution in [0.4, 0.5) is 0 Å². The van der Waals surface area contributed by atoms with E-state index < -0.39 is 0 Å². The van der Waals surface area contributed by atoms with E-state index in [9.17, 15) is 0 Å². The normalized spacial score (nSPS) is 39.7. The molecule has 1 saturated carbocycles. The Morgan fingerprint density at radius 3 is 2.88 bits per heavy atom. The summed E-state index contributed by atoms with van der Waals surface area (Å²) in [7, 11) is 0. The quantitative estimate of drug-likeness (QED) is 0.805. The number of piperazine rings is 1. The van der Waals surface area contributed by atoms with Gasteiger partial charge in [-0.05, 0) is 44.9 Å². The maximum absolute atomic E-state index is 5.74. The molecule has 3 aliphatic rings. The van der Waals surface area contributed by atoms with Gasteiger partial charge in [0.15, 0.2) is 0 Å². The molecule has 98 valence electrons. The van der Waals surface area contributed by atoms with E-state index in [0.717, 1.165) is 18.6 Å². The summed E-state index contributed by atoms with van der Waals surface area (Å²) in [6.07, 6.45) is 7.27. The Morgan fingerprint density at radius 2 is 2.18 bits per heavy atom. The summed E-state index contributed by atoms with van der Waals surface area (Å²) in [5.74, 6) is 0.986. The van der Waals surface area contributed by atoms with Crippen LogP contribution >= 0.6 is 0 Å². The zero-order valence-corrected chi connectivity index (χ0v) is 11.0. The second-order valence-electron chi connectivity index (χ2n) is 6.13. The molecule has 3 fully saturated rings. The third-order valence-electron chi connectivity index (χ3n) is 4.58. The minimum Gasteiger partial charge on any atom is -0.378 e. The van der Waals surface area contributed by atoms with Crippen LogP contribution in [0.25, 0.3) is 0 Å². The van der Waals surface area contributed by atoms with E-state index in [2.05, 4.69) is 17.1 Å². The van der Waals surface area contributed by atoms with E-state index in [1.165, 1.54) is 51.7 Å². The fourth-order valence-electron chi connectivity index (χ4n) is 3.39. The number of ether oxygens (including phenoxy) is 1. The molecule has 1 aliphatic carbocycles. The van der Waals surface area contributed by atoms with Crippen LogP contribution in [0.1, 0.15) is 39.0 Å². The van der Waals surface area contributed by atoms with Gasteiger partial charge in [-0.25, -0.2) is 0 Å². The molecule has 1 N–H and O–H groups in total. The largest absolute Gasteiger partial charge is 0.378 e. The molecule has 3 heteroatoms. The summed E-state index contributed by atoms with van der Waals surface area (Å²) >= 11 is 0. The SMILES string of the molecule is CC1CN(CCC2CCCO2)C(C2CC2)CN1. The maximum Gasteiger partial charge on any atom is 0.0588 e. The maximum atomic E-state index is 5.74. The van der Waals surface area contributed by atoms with Crippen molar-refractivity contribution in [2.24, 2.45) is 5.92 Å². The molecule has 0 bridgehead atoms. The molecule has 0 spiro atoms. The van der Waals surface area contributed by atoms with E-state index in [-0.39, 0.29) is 0 Å². The molecule has 2 saturated heterocycles. The molecule has 0 amide bonds. The van der Waals surface area contributed by atoms with Crippen LogP contribution in [0.5, 0.6) is 0 Å². The molecule has 2 aliphatic heterocycles. The Kier molecular flexibility index (Phi) is 3.69. The van der Waals surface area contributed by atoms with Gasteiger partial charge in [0.2, 0.25) is 0 Å². The van der Waals surface area contributed by atoms with Crippen LogP contribution in [0, 0.1) is 5.92 Å². The molecule has 0 aromatic heterocycles. The predicted octanol–water partition coefficient (Wildman–Crippen LogP) is 1.63. The van der Waals surface area contributed by atoms with Gasteiger partial charge in [0.1, 0.15) is 0 Å². The Bertz CT molecular complexity index is 249. The van der Waals surface area contributed by atoms with E-state index >= 15 is 0 Å². The van der Waals surface area contributed by atoms with E-state index in [1.807, 2.05) is 0 Å². The first-order valence-electron chi connectivity index (χ1n) is 7.42. The summed E-state index contributed by atoms with van der Waals surface area (Å²) in [6, 6.07) is 1.47. The van der Waals surface area contributed by atoms with Crippen molar-refractivity contribution in [2.75, 3.05) is 26.2 Å². The Morgan fingerprint density at radius 1 is 1.29 bits per heavy atom. The van der Waals surface area contributed by atoms with Crippen LogP contribution in [-0.2, 0) is 4.74 Å². The van der Waals surface area contributed by atoms with Crippen molar-refractivity contribution >= 4 is 0 Å². The van der Waals surface area contributed by atoms with E-state index in [4.69, 9.17) is 4.74 Å². The topological polar surface area (TPSA) is 24.5 Å². The van der Waals surface area contributed by atoms with Crippen LogP contribution in [-0.4, -0.2) is 49.3 Å². The molecule has 3 rings (SSSR count). The summed E-state index contributed by atoms with van der Waals surface area (Å²) < 4.78 is 5.74. The van der Waals surface area contributed by atoms with Crippen LogP contribution in [0.3, 0.4) is 0 Å². The highest BCUT2D eigenvalue weighted by atomic mass is 16.5. The van der Waals surface area contributed by atoms with Crippen molar-refractivity contribution in [1.29, 1.82) is 0 Å². The zero-order valence-electron chi connectivity index (χ0n) is 11.0. The molecule has 17 heavy (non-hydrogen) atoms. The van der Waals surface area contributed by atoms with Crippen LogP contribution in [0.15, 0.2) is 0 Å². The average Bonchev–Trinajstić information content (AvgIpc) is 3.03. The molecule has 2 heterocycles. The van der Waals surface area contributed by atoms with Gasteiger partial charge < -0.3 is 10.1 Å². The van der Waals surface area contributed by atoms with Crippen LogP contribution < -0.4 is 5.32 Å². The first kappa shape index (κ1) is 11.9. The highest BCUT2D eigenvalue weighted by molar-refractivity contribution is 4.94. The lowest BCUT2D eigenvalue weighted by Crippen LogP contribution is -2.56. The summed E-state index contributed by atoms with van der Waals surface area (Å²) in [5, 5.41) is 3.64. The molecule has 0 aromatic carbocycles. The molecular formula is C14H26N2O. The van der Waals surface area contributed by atoms with Crippen molar-refractivity contribution in [1.82, 2.24) is 10.2 Å². The van der Waals surface area contributed by atoms with Crippen LogP contribution in [0.2, 0.25) is 0 Å². The van der Waals surface area contributed by atoms with Gasteiger partial charge in [-0.1, -0.05) is 0 Å². The number of nitrogens with one attached hydrogen (secondary N) is 1. The second kappa shape index (κ2) is 5.25. The monoisotopic (exact) mass is 238 g/mol. The molecule has 3 nitrogen and oxygen atoms in total. The molecule has 3 atom stereocenters. The van der Waals surface area contributed by atoms with Gasteiger partial charge in [0.05, 0.1) is 6.10 Å².